The summed E-state index contributed by atoms with van der Waals surface area (Å²) >= 11 is 6.36. The van der Waals surface area contributed by atoms with E-state index in [4.69, 9.17) is 21.1 Å². The average molecular weight is 301 g/mol. The van der Waals surface area contributed by atoms with E-state index >= 15 is 0 Å². The van der Waals surface area contributed by atoms with Crippen molar-refractivity contribution in [1.82, 2.24) is 10.2 Å². The molecule has 110 valence electrons. The highest BCUT2D eigenvalue weighted by Crippen LogP contribution is 2.41. The van der Waals surface area contributed by atoms with Crippen LogP contribution in [0.15, 0.2) is 12.1 Å². The van der Waals surface area contributed by atoms with Gasteiger partial charge in [-0.2, -0.15) is 0 Å². The van der Waals surface area contributed by atoms with E-state index in [0.717, 1.165) is 31.7 Å². The summed E-state index contributed by atoms with van der Waals surface area (Å²) in [4.78, 5) is 2.28. The highest BCUT2D eigenvalue weighted by molar-refractivity contribution is 6.31. The Labute approximate surface area is 122 Å². The number of piperazine rings is 1. The Kier molecular flexibility index (Phi) is 4.29. The normalized spacial score (nSPS) is 20.1. The number of rotatable bonds is 4. The highest BCUT2D eigenvalue weighted by Gasteiger charge is 2.26. The summed E-state index contributed by atoms with van der Waals surface area (Å²) in [5.74, 6) is 1.36. The first kappa shape index (κ1) is 13.9. The van der Waals surface area contributed by atoms with Crippen molar-refractivity contribution >= 4 is 11.6 Å². The SMILES string of the molecule is FCC[C@@H](c1cc2c(cc1Cl)OCO2)N1CCNCC1. The summed E-state index contributed by atoms with van der Waals surface area (Å²) in [6.45, 7) is 3.50. The Hall–Kier alpha value is -1.04. The summed E-state index contributed by atoms with van der Waals surface area (Å²) in [6, 6.07) is 3.66. The van der Waals surface area contributed by atoms with E-state index in [-0.39, 0.29) is 19.5 Å². The number of alkyl halides is 1. The van der Waals surface area contributed by atoms with Crippen molar-refractivity contribution < 1.29 is 13.9 Å². The first-order chi connectivity index (χ1) is 9.79. The minimum Gasteiger partial charge on any atom is -0.454 e. The average Bonchev–Trinajstić information content (AvgIpc) is 2.92. The molecule has 3 rings (SSSR count). The molecule has 1 N–H and O–H groups in total. The van der Waals surface area contributed by atoms with Gasteiger partial charge >= 0.3 is 0 Å². The first-order valence-electron chi connectivity index (χ1n) is 6.89. The van der Waals surface area contributed by atoms with Gasteiger partial charge in [-0.15, -0.1) is 0 Å². The van der Waals surface area contributed by atoms with Crippen LogP contribution >= 0.6 is 11.6 Å². The molecule has 0 aliphatic carbocycles. The van der Waals surface area contributed by atoms with Crippen LogP contribution in [0.1, 0.15) is 18.0 Å². The number of hydrogen-bond donors (Lipinski definition) is 1. The van der Waals surface area contributed by atoms with Gasteiger partial charge in [0, 0.05) is 43.3 Å². The first-order valence-corrected chi connectivity index (χ1v) is 7.27. The van der Waals surface area contributed by atoms with Gasteiger partial charge in [-0.05, 0) is 18.1 Å². The summed E-state index contributed by atoms with van der Waals surface area (Å²) < 4.78 is 23.7. The molecule has 6 heteroatoms. The molecule has 1 aromatic carbocycles. The molecular weight excluding hydrogens is 283 g/mol. The second-order valence-electron chi connectivity index (χ2n) is 5.01. The van der Waals surface area contributed by atoms with Gasteiger partial charge in [-0.3, -0.25) is 9.29 Å². The minimum atomic E-state index is -0.362. The van der Waals surface area contributed by atoms with E-state index in [9.17, 15) is 4.39 Å². The standard InChI is InChI=1S/C14H18ClFN2O2/c15-11-8-14-13(19-9-20-14)7-10(11)12(1-2-16)18-5-3-17-4-6-18/h7-8,12,17H,1-6,9H2/t12-/m0/s1. The van der Waals surface area contributed by atoms with Crippen LogP contribution in [0.5, 0.6) is 11.5 Å². The maximum absolute atomic E-state index is 12.9. The third-order valence-electron chi connectivity index (χ3n) is 3.83. The maximum Gasteiger partial charge on any atom is 0.231 e. The molecule has 0 aromatic heterocycles. The Morgan fingerprint density at radius 3 is 2.65 bits per heavy atom. The largest absolute Gasteiger partial charge is 0.454 e. The third kappa shape index (κ3) is 2.71. The van der Waals surface area contributed by atoms with Crippen LogP contribution in [0, 0.1) is 0 Å². The van der Waals surface area contributed by atoms with Crippen molar-refractivity contribution in [2.24, 2.45) is 0 Å². The lowest BCUT2D eigenvalue weighted by Crippen LogP contribution is -2.45. The lowest BCUT2D eigenvalue weighted by Gasteiger charge is -2.35. The quantitative estimate of drug-likeness (QED) is 0.926. The number of hydrogen-bond acceptors (Lipinski definition) is 4. The van der Waals surface area contributed by atoms with Crippen LogP contribution < -0.4 is 14.8 Å². The van der Waals surface area contributed by atoms with Crippen LogP contribution in [0.3, 0.4) is 0 Å². The van der Waals surface area contributed by atoms with Crippen molar-refractivity contribution in [3.05, 3.63) is 22.7 Å². The summed E-state index contributed by atoms with van der Waals surface area (Å²) in [5.41, 5.74) is 0.926. The van der Waals surface area contributed by atoms with Gasteiger partial charge in [0.2, 0.25) is 6.79 Å². The van der Waals surface area contributed by atoms with Crippen molar-refractivity contribution in [2.75, 3.05) is 39.6 Å². The topological polar surface area (TPSA) is 33.7 Å². The lowest BCUT2D eigenvalue weighted by molar-refractivity contribution is 0.157. The second kappa shape index (κ2) is 6.16. The zero-order valence-corrected chi connectivity index (χ0v) is 12.0. The highest BCUT2D eigenvalue weighted by atomic mass is 35.5. The molecule has 2 heterocycles. The van der Waals surface area contributed by atoms with Crippen molar-refractivity contribution in [1.29, 1.82) is 0 Å². The molecule has 1 fully saturated rings. The van der Waals surface area contributed by atoms with E-state index in [2.05, 4.69) is 10.2 Å². The zero-order valence-electron chi connectivity index (χ0n) is 11.2. The van der Waals surface area contributed by atoms with Crippen LogP contribution in [-0.2, 0) is 0 Å². The molecule has 2 aliphatic rings. The molecule has 1 saturated heterocycles. The maximum atomic E-state index is 12.9. The molecule has 0 spiro atoms. The molecule has 0 unspecified atom stereocenters. The monoisotopic (exact) mass is 300 g/mol. The zero-order chi connectivity index (χ0) is 13.9. The molecule has 1 atom stereocenters. The number of benzene rings is 1. The van der Waals surface area contributed by atoms with Gasteiger partial charge in [-0.1, -0.05) is 11.6 Å². The van der Waals surface area contributed by atoms with Gasteiger partial charge in [0.25, 0.3) is 0 Å². The number of halogens is 2. The van der Waals surface area contributed by atoms with Crippen LogP contribution in [0.25, 0.3) is 0 Å². The summed E-state index contributed by atoms with van der Waals surface area (Å²) in [7, 11) is 0. The Bertz CT molecular complexity index is 480. The number of nitrogens with zero attached hydrogens (tertiary/aromatic N) is 1. The molecule has 2 aliphatic heterocycles. The molecule has 20 heavy (non-hydrogen) atoms. The lowest BCUT2D eigenvalue weighted by atomic mass is 10.0. The van der Waals surface area contributed by atoms with Crippen LogP contribution in [0.2, 0.25) is 5.02 Å². The van der Waals surface area contributed by atoms with Crippen LogP contribution in [0.4, 0.5) is 4.39 Å². The molecule has 0 bridgehead atoms. The summed E-state index contributed by atoms with van der Waals surface area (Å²) in [5, 5.41) is 3.92. The fourth-order valence-corrected chi connectivity index (χ4v) is 3.10. The van der Waals surface area contributed by atoms with Crippen molar-refractivity contribution in [2.45, 2.75) is 12.5 Å². The van der Waals surface area contributed by atoms with E-state index in [0.29, 0.717) is 22.9 Å². The number of ether oxygens (including phenoxy) is 2. The van der Waals surface area contributed by atoms with Crippen molar-refractivity contribution in [3.63, 3.8) is 0 Å². The molecular formula is C14H18ClFN2O2. The Morgan fingerprint density at radius 1 is 1.25 bits per heavy atom. The van der Waals surface area contributed by atoms with E-state index in [1.54, 1.807) is 6.07 Å². The second-order valence-corrected chi connectivity index (χ2v) is 5.41. The minimum absolute atomic E-state index is 0.0101. The van der Waals surface area contributed by atoms with Gasteiger partial charge in [0.1, 0.15) is 0 Å². The number of nitrogens with one attached hydrogen (secondary N) is 1. The summed E-state index contributed by atoms with van der Waals surface area (Å²) in [6.07, 6.45) is 0.444. The van der Waals surface area contributed by atoms with Crippen LogP contribution in [-0.4, -0.2) is 44.5 Å². The third-order valence-corrected chi connectivity index (χ3v) is 4.15. The predicted octanol–water partition coefficient (Wildman–Crippen LogP) is 2.37. The number of fused-ring (bicyclic) bond motifs is 1. The predicted molar refractivity (Wildman–Crippen MR) is 75.4 cm³/mol. The van der Waals surface area contributed by atoms with E-state index < -0.39 is 0 Å². The van der Waals surface area contributed by atoms with Crippen molar-refractivity contribution in [3.8, 4) is 11.5 Å². The van der Waals surface area contributed by atoms with Gasteiger partial charge in [0.15, 0.2) is 11.5 Å². The molecule has 4 nitrogen and oxygen atoms in total. The fraction of sp³-hybridized carbons (Fsp3) is 0.571. The molecule has 0 amide bonds. The van der Waals surface area contributed by atoms with Gasteiger partial charge < -0.3 is 14.8 Å². The van der Waals surface area contributed by atoms with Gasteiger partial charge in [0.05, 0.1) is 6.67 Å². The fourth-order valence-electron chi connectivity index (χ4n) is 2.82. The van der Waals surface area contributed by atoms with E-state index in [1.165, 1.54) is 0 Å². The van der Waals surface area contributed by atoms with E-state index in [1.807, 2.05) is 6.07 Å². The smallest absolute Gasteiger partial charge is 0.231 e. The Balaban J connectivity index is 1.90. The molecule has 0 radical (unpaired) electrons. The molecule has 0 saturated carbocycles. The van der Waals surface area contributed by atoms with Gasteiger partial charge in [-0.25, -0.2) is 0 Å². The Morgan fingerprint density at radius 2 is 1.95 bits per heavy atom. The molecule has 1 aromatic rings.